The van der Waals surface area contributed by atoms with Crippen LogP contribution in [0.4, 0.5) is 0 Å². The van der Waals surface area contributed by atoms with E-state index in [1.807, 2.05) is 18.0 Å². The maximum atomic E-state index is 13.2. The first-order valence-corrected chi connectivity index (χ1v) is 14.2. The van der Waals surface area contributed by atoms with Gasteiger partial charge in [0.15, 0.2) is 0 Å². The van der Waals surface area contributed by atoms with Crippen molar-refractivity contribution >= 4 is 26.8 Å². The summed E-state index contributed by atoms with van der Waals surface area (Å²) < 4.78 is 37.0. The number of carbonyl (C=O) groups excluding carboxylic acids is 1. The summed E-state index contributed by atoms with van der Waals surface area (Å²) in [4.78, 5) is 15.5. The summed E-state index contributed by atoms with van der Waals surface area (Å²) in [7, 11) is -1.59. The van der Waals surface area contributed by atoms with Crippen molar-refractivity contribution in [3.8, 4) is 0 Å². The molecule has 1 aliphatic heterocycles. The van der Waals surface area contributed by atoms with Crippen LogP contribution in [0.2, 0.25) is 0 Å². The van der Waals surface area contributed by atoms with Gasteiger partial charge in [-0.1, -0.05) is 19.9 Å². The van der Waals surface area contributed by atoms with Gasteiger partial charge in [-0.15, -0.1) is 0 Å². The number of amides is 1. The molecule has 0 radical (unpaired) electrons. The van der Waals surface area contributed by atoms with Crippen molar-refractivity contribution in [2.45, 2.75) is 75.3 Å². The number of rotatable bonds is 6. The number of benzene rings is 1. The number of ether oxygens (including phenoxy) is 1. The molecule has 188 valence electrons. The largest absolute Gasteiger partial charge is 0.377 e. The van der Waals surface area contributed by atoms with Crippen LogP contribution < -0.4 is 4.72 Å². The van der Waals surface area contributed by atoms with E-state index in [-0.39, 0.29) is 25.3 Å². The van der Waals surface area contributed by atoms with Gasteiger partial charge in [0.05, 0.1) is 24.2 Å². The van der Waals surface area contributed by atoms with Crippen LogP contribution in [0.1, 0.15) is 65.4 Å². The van der Waals surface area contributed by atoms with Gasteiger partial charge in [-0.2, -0.15) is 0 Å². The van der Waals surface area contributed by atoms with Crippen molar-refractivity contribution < 1.29 is 19.4 Å². The Balaban J connectivity index is 0.00000289. The molecule has 2 saturated carbocycles. The highest BCUT2D eigenvalue weighted by molar-refractivity contribution is 7.89. The van der Waals surface area contributed by atoms with E-state index < -0.39 is 10.0 Å². The van der Waals surface area contributed by atoms with Gasteiger partial charge >= 0.3 is 0 Å². The lowest BCUT2D eigenvalue weighted by atomic mass is 9.85. The molecular formula is C26H39N3O4S. The van der Waals surface area contributed by atoms with Crippen molar-refractivity contribution in [3.63, 3.8) is 0 Å². The third-order valence-corrected chi connectivity index (χ3v) is 9.49. The Labute approximate surface area is 204 Å². The van der Waals surface area contributed by atoms with E-state index >= 15 is 0 Å². The van der Waals surface area contributed by atoms with Crippen LogP contribution in [-0.2, 0) is 26.6 Å². The number of morpholine rings is 1. The third kappa shape index (κ3) is 4.64. The Hall–Kier alpha value is -1.90. The minimum absolute atomic E-state index is 0. The zero-order valence-electron chi connectivity index (χ0n) is 20.5. The van der Waals surface area contributed by atoms with Gasteiger partial charge < -0.3 is 14.2 Å². The molecule has 5 rings (SSSR count). The summed E-state index contributed by atoms with van der Waals surface area (Å²) in [5, 5.41) is 1.09. The fourth-order valence-electron chi connectivity index (χ4n) is 5.70. The SMILES string of the molecule is CC(C)[C@H]1COCCN1C(=O)C1CCC(NS(=O)(=O)c2ccc3cc(C4CC4)n(C)c3c2)CC1.[HH]. The van der Waals surface area contributed by atoms with Crippen molar-refractivity contribution in [1.82, 2.24) is 14.2 Å². The zero-order valence-corrected chi connectivity index (χ0v) is 21.3. The maximum Gasteiger partial charge on any atom is 0.240 e. The molecule has 7 nitrogen and oxygen atoms in total. The van der Waals surface area contributed by atoms with Gasteiger partial charge in [-0.25, -0.2) is 13.1 Å². The molecule has 1 saturated heterocycles. The number of hydrogen-bond acceptors (Lipinski definition) is 4. The smallest absolute Gasteiger partial charge is 0.240 e. The molecule has 3 aliphatic rings. The second kappa shape index (κ2) is 9.28. The molecule has 2 heterocycles. The molecule has 8 heteroatoms. The molecule has 3 fully saturated rings. The Morgan fingerprint density at radius 1 is 1.12 bits per heavy atom. The quantitative estimate of drug-likeness (QED) is 0.665. The first kappa shape index (κ1) is 23.8. The second-order valence-corrected chi connectivity index (χ2v) is 12.4. The average molecular weight is 490 g/mol. The monoisotopic (exact) mass is 489 g/mol. The van der Waals surface area contributed by atoms with E-state index in [4.69, 9.17) is 4.74 Å². The van der Waals surface area contributed by atoms with Crippen molar-refractivity contribution in [2.24, 2.45) is 18.9 Å². The molecule has 2 aromatic rings. The lowest BCUT2D eigenvalue weighted by Crippen LogP contribution is -2.53. The molecule has 0 bridgehead atoms. The first-order valence-electron chi connectivity index (χ1n) is 12.7. The second-order valence-electron chi connectivity index (χ2n) is 10.7. The number of hydrogen-bond donors (Lipinski definition) is 1. The number of aryl methyl sites for hydroxylation is 1. The lowest BCUT2D eigenvalue weighted by molar-refractivity contribution is -0.147. The van der Waals surface area contributed by atoms with Gasteiger partial charge in [0.25, 0.3) is 0 Å². The van der Waals surface area contributed by atoms with Crippen LogP contribution in [0, 0.1) is 11.8 Å². The van der Waals surface area contributed by atoms with Crippen LogP contribution in [0.3, 0.4) is 0 Å². The highest BCUT2D eigenvalue weighted by atomic mass is 32.2. The van der Waals surface area contributed by atoms with E-state index in [1.54, 1.807) is 12.1 Å². The average Bonchev–Trinajstić information content (AvgIpc) is 3.62. The number of nitrogens with one attached hydrogen (secondary N) is 1. The van der Waals surface area contributed by atoms with Crippen LogP contribution >= 0.6 is 0 Å². The summed E-state index contributed by atoms with van der Waals surface area (Å²) in [5.41, 5.74) is 2.25. The predicted molar refractivity (Wildman–Crippen MR) is 134 cm³/mol. The summed E-state index contributed by atoms with van der Waals surface area (Å²) in [5.74, 6) is 1.15. The molecule has 1 N–H and O–H groups in total. The Morgan fingerprint density at radius 3 is 2.53 bits per heavy atom. The normalized spacial score (nSPS) is 26.4. The summed E-state index contributed by atoms with van der Waals surface area (Å²) in [6, 6.07) is 7.60. The summed E-state index contributed by atoms with van der Waals surface area (Å²) in [6.45, 7) is 6.11. The van der Waals surface area contributed by atoms with E-state index in [0.717, 1.165) is 23.7 Å². The Kier molecular flexibility index (Phi) is 6.50. The fourth-order valence-corrected chi connectivity index (χ4v) is 7.02. The minimum Gasteiger partial charge on any atom is -0.377 e. The Morgan fingerprint density at radius 2 is 1.85 bits per heavy atom. The number of fused-ring (bicyclic) bond motifs is 1. The molecular weight excluding hydrogens is 450 g/mol. The minimum atomic E-state index is -3.62. The molecule has 1 aromatic heterocycles. The van der Waals surface area contributed by atoms with Crippen LogP contribution in [0.25, 0.3) is 10.9 Å². The highest BCUT2D eigenvalue weighted by Crippen LogP contribution is 2.42. The zero-order chi connectivity index (χ0) is 24.0. The third-order valence-electron chi connectivity index (χ3n) is 7.98. The van der Waals surface area contributed by atoms with Crippen molar-refractivity contribution in [3.05, 3.63) is 30.0 Å². The van der Waals surface area contributed by atoms with Crippen molar-refractivity contribution in [2.75, 3.05) is 19.8 Å². The number of carbonyl (C=O) groups is 1. The van der Waals surface area contributed by atoms with E-state index in [2.05, 4.69) is 29.2 Å². The van der Waals surface area contributed by atoms with Crippen molar-refractivity contribution in [1.29, 1.82) is 0 Å². The predicted octanol–water partition coefficient (Wildman–Crippen LogP) is 4.02. The Bertz CT molecular complexity index is 1170. The standard InChI is InChI=1S/C26H37N3O4S.H2/c1-17(2)25-16-33-13-12-29(25)26(30)19-6-9-21(10-7-19)27-34(31,32)22-11-8-20-14-23(18-4-5-18)28(3)24(20)15-22;/h8,11,14-15,17-19,21,25,27H,4-7,9-10,12-13,16H2,1-3H3;1H/t19?,21?,25-;/m1./s1. The number of aromatic nitrogens is 1. The van der Waals surface area contributed by atoms with Crippen LogP contribution in [0.15, 0.2) is 29.2 Å². The van der Waals surface area contributed by atoms with Gasteiger partial charge in [-0.3, -0.25) is 4.79 Å². The van der Waals surface area contributed by atoms with E-state index in [9.17, 15) is 13.2 Å². The maximum absolute atomic E-state index is 13.2. The number of nitrogens with zero attached hydrogens (tertiary/aromatic N) is 2. The lowest BCUT2D eigenvalue weighted by Gasteiger charge is -2.41. The van der Waals surface area contributed by atoms with Crippen LogP contribution in [-0.4, -0.2) is 55.6 Å². The van der Waals surface area contributed by atoms with E-state index in [1.165, 1.54) is 18.5 Å². The molecule has 0 unspecified atom stereocenters. The fraction of sp³-hybridized carbons (Fsp3) is 0.654. The number of sulfonamides is 1. The van der Waals surface area contributed by atoms with Gasteiger partial charge in [0.1, 0.15) is 0 Å². The molecule has 1 amide bonds. The highest BCUT2D eigenvalue weighted by Gasteiger charge is 2.36. The van der Waals surface area contributed by atoms with Gasteiger partial charge in [-0.05, 0) is 73.9 Å². The molecule has 1 aromatic carbocycles. The molecule has 34 heavy (non-hydrogen) atoms. The molecule has 1 atom stereocenters. The summed E-state index contributed by atoms with van der Waals surface area (Å²) >= 11 is 0. The molecule has 2 aliphatic carbocycles. The van der Waals surface area contributed by atoms with Crippen LogP contribution in [0.5, 0.6) is 0 Å². The topological polar surface area (TPSA) is 80.6 Å². The first-order chi connectivity index (χ1) is 16.2. The van der Waals surface area contributed by atoms with E-state index in [0.29, 0.717) is 49.3 Å². The summed E-state index contributed by atoms with van der Waals surface area (Å²) in [6.07, 6.45) is 5.23. The van der Waals surface area contributed by atoms with Gasteiger partial charge in [0.2, 0.25) is 15.9 Å². The molecule has 0 spiro atoms. The van der Waals surface area contributed by atoms with Gasteiger partial charge in [0, 0.05) is 38.2 Å².